The van der Waals surface area contributed by atoms with Gasteiger partial charge in [0.05, 0.1) is 33.4 Å². The molecule has 9 nitrogen and oxygen atoms in total. The lowest BCUT2D eigenvalue weighted by molar-refractivity contribution is -0.134. The number of carbonyl (C=O) groups excluding carboxylic acids is 3. The molecule has 0 spiro atoms. The molecule has 2 aliphatic heterocycles. The summed E-state index contributed by atoms with van der Waals surface area (Å²) in [4.78, 5) is 41.0. The van der Waals surface area contributed by atoms with Crippen LogP contribution in [0.15, 0.2) is 36.4 Å². The van der Waals surface area contributed by atoms with Crippen LogP contribution < -0.4 is 24.4 Å². The highest BCUT2D eigenvalue weighted by atomic mass is 16.5. The number of urea groups is 1. The van der Waals surface area contributed by atoms with Gasteiger partial charge in [-0.05, 0) is 53.9 Å². The standard InChI is InChI=1S/C23H25N3O6/c1-30-17-6-4-16(5-7-17)26-22(28)18(24-23(26)29)12-21(27)25-9-8-14-10-19(31-2)20(32-3)11-15(14)13-25/h4-7,10-11,18H,8-9,12-13H2,1-3H3,(H,24,29). The Morgan fingerprint density at radius 3 is 2.28 bits per heavy atom. The first kappa shape index (κ1) is 21.5. The van der Waals surface area contributed by atoms with Crippen molar-refractivity contribution in [3.05, 3.63) is 47.5 Å². The van der Waals surface area contributed by atoms with Crippen LogP contribution in [0, 0.1) is 0 Å². The number of imide groups is 1. The molecular formula is C23H25N3O6. The number of rotatable bonds is 6. The first-order valence-electron chi connectivity index (χ1n) is 10.2. The van der Waals surface area contributed by atoms with E-state index in [0.29, 0.717) is 42.4 Å². The summed E-state index contributed by atoms with van der Waals surface area (Å²) in [5.41, 5.74) is 2.50. The number of nitrogens with zero attached hydrogens (tertiary/aromatic N) is 2. The molecule has 2 aliphatic rings. The molecule has 0 bridgehead atoms. The first-order valence-corrected chi connectivity index (χ1v) is 10.2. The molecule has 2 heterocycles. The molecule has 2 aromatic carbocycles. The SMILES string of the molecule is COc1ccc(N2C(=O)NC(CC(=O)N3CCc4cc(OC)c(OC)cc4C3)C2=O)cc1. The fourth-order valence-electron chi connectivity index (χ4n) is 4.05. The van der Waals surface area contributed by atoms with Crippen molar-refractivity contribution in [2.24, 2.45) is 0 Å². The van der Waals surface area contributed by atoms with E-state index < -0.39 is 18.0 Å². The molecule has 1 N–H and O–H groups in total. The van der Waals surface area contributed by atoms with Crippen molar-refractivity contribution < 1.29 is 28.6 Å². The summed E-state index contributed by atoms with van der Waals surface area (Å²) in [6.07, 6.45) is 0.574. The number of methoxy groups -OCH3 is 3. The molecule has 0 radical (unpaired) electrons. The minimum absolute atomic E-state index is 0.0974. The van der Waals surface area contributed by atoms with Crippen LogP contribution in [0.25, 0.3) is 0 Å². The van der Waals surface area contributed by atoms with Crippen LogP contribution in [-0.2, 0) is 22.6 Å². The summed E-state index contributed by atoms with van der Waals surface area (Å²) in [7, 11) is 4.69. The van der Waals surface area contributed by atoms with E-state index in [4.69, 9.17) is 14.2 Å². The second-order valence-corrected chi connectivity index (χ2v) is 7.62. The zero-order chi connectivity index (χ0) is 22.8. The highest BCUT2D eigenvalue weighted by Gasteiger charge is 2.41. The maximum absolute atomic E-state index is 13.0. The number of fused-ring (bicyclic) bond motifs is 1. The third kappa shape index (κ3) is 3.93. The monoisotopic (exact) mass is 439 g/mol. The lowest BCUT2D eigenvalue weighted by atomic mass is 9.98. The van der Waals surface area contributed by atoms with Crippen LogP contribution in [0.1, 0.15) is 17.5 Å². The van der Waals surface area contributed by atoms with Gasteiger partial charge in [-0.3, -0.25) is 9.59 Å². The maximum Gasteiger partial charge on any atom is 0.329 e. The number of nitrogens with one attached hydrogen (secondary N) is 1. The minimum Gasteiger partial charge on any atom is -0.497 e. The molecule has 0 aromatic heterocycles. The molecule has 4 amide bonds. The summed E-state index contributed by atoms with van der Waals surface area (Å²) in [5.74, 6) is 1.24. The van der Waals surface area contributed by atoms with Crippen LogP contribution in [0.4, 0.5) is 10.5 Å². The predicted octanol–water partition coefficient (Wildman–Crippen LogP) is 2.11. The molecule has 0 aliphatic carbocycles. The summed E-state index contributed by atoms with van der Waals surface area (Å²) >= 11 is 0. The average Bonchev–Trinajstić information content (AvgIpc) is 3.10. The number of carbonyl (C=O) groups is 3. The van der Waals surface area contributed by atoms with Gasteiger partial charge in [-0.1, -0.05) is 0 Å². The maximum atomic E-state index is 13.0. The summed E-state index contributed by atoms with van der Waals surface area (Å²) in [6.45, 7) is 0.934. The quantitative estimate of drug-likeness (QED) is 0.693. The van der Waals surface area contributed by atoms with Crippen molar-refractivity contribution in [2.45, 2.75) is 25.4 Å². The number of benzene rings is 2. The van der Waals surface area contributed by atoms with Gasteiger partial charge in [0.25, 0.3) is 5.91 Å². The van der Waals surface area contributed by atoms with Gasteiger partial charge in [-0.25, -0.2) is 9.69 Å². The highest BCUT2D eigenvalue weighted by molar-refractivity contribution is 6.22. The third-order valence-corrected chi connectivity index (χ3v) is 5.80. The van der Waals surface area contributed by atoms with Gasteiger partial charge >= 0.3 is 6.03 Å². The number of hydrogen-bond acceptors (Lipinski definition) is 6. The van der Waals surface area contributed by atoms with E-state index in [0.717, 1.165) is 16.0 Å². The fourth-order valence-corrected chi connectivity index (χ4v) is 4.05. The second kappa shape index (κ2) is 8.78. The van der Waals surface area contributed by atoms with E-state index in [2.05, 4.69) is 5.32 Å². The highest BCUT2D eigenvalue weighted by Crippen LogP contribution is 2.33. The van der Waals surface area contributed by atoms with Crippen LogP contribution in [0.3, 0.4) is 0 Å². The van der Waals surface area contributed by atoms with Gasteiger partial charge in [0, 0.05) is 13.1 Å². The predicted molar refractivity (Wildman–Crippen MR) is 116 cm³/mol. The van der Waals surface area contributed by atoms with Gasteiger partial charge in [0.2, 0.25) is 5.91 Å². The Labute approximate surface area is 185 Å². The van der Waals surface area contributed by atoms with Crippen molar-refractivity contribution in [2.75, 3.05) is 32.8 Å². The van der Waals surface area contributed by atoms with Gasteiger partial charge < -0.3 is 24.4 Å². The lowest BCUT2D eigenvalue weighted by Crippen LogP contribution is -2.41. The molecule has 32 heavy (non-hydrogen) atoms. The Kier molecular flexibility index (Phi) is 5.89. The van der Waals surface area contributed by atoms with Crippen molar-refractivity contribution in [3.63, 3.8) is 0 Å². The lowest BCUT2D eigenvalue weighted by Gasteiger charge is -2.30. The van der Waals surface area contributed by atoms with Crippen LogP contribution >= 0.6 is 0 Å². The molecule has 1 fully saturated rings. The van der Waals surface area contributed by atoms with Crippen molar-refractivity contribution >= 4 is 23.5 Å². The topological polar surface area (TPSA) is 97.4 Å². The second-order valence-electron chi connectivity index (χ2n) is 7.62. The molecule has 2 aromatic rings. The van der Waals surface area contributed by atoms with Gasteiger partial charge in [-0.15, -0.1) is 0 Å². The smallest absolute Gasteiger partial charge is 0.329 e. The van der Waals surface area contributed by atoms with Gasteiger partial charge in [0.15, 0.2) is 11.5 Å². The molecule has 1 atom stereocenters. The molecular weight excluding hydrogens is 414 g/mol. The van der Waals surface area contributed by atoms with Crippen molar-refractivity contribution in [1.29, 1.82) is 0 Å². The summed E-state index contributed by atoms with van der Waals surface area (Å²) in [5, 5.41) is 2.63. The number of ether oxygens (including phenoxy) is 3. The Morgan fingerprint density at radius 1 is 1.00 bits per heavy atom. The van der Waals surface area contributed by atoms with E-state index in [1.807, 2.05) is 12.1 Å². The van der Waals surface area contributed by atoms with Crippen LogP contribution in [0.5, 0.6) is 17.2 Å². The number of anilines is 1. The van der Waals surface area contributed by atoms with E-state index in [-0.39, 0.29) is 12.3 Å². The average molecular weight is 439 g/mol. The normalized spacial score (nSPS) is 17.7. The Balaban J connectivity index is 1.44. The summed E-state index contributed by atoms with van der Waals surface area (Å²) < 4.78 is 15.8. The summed E-state index contributed by atoms with van der Waals surface area (Å²) in [6, 6.07) is 8.96. The molecule has 9 heteroatoms. The molecule has 0 saturated carbocycles. The fraction of sp³-hybridized carbons (Fsp3) is 0.348. The van der Waals surface area contributed by atoms with E-state index in [1.165, 1.54) is 7.11 Å². The molecule has 1 saturated heterocycles. The third-order valence-electron chi connectivity index (χ3n) is 5.80. The molecule has 168 valence electrons. The molecule has 4 rings (SSSR count). The van der Waals surface area contributed by atoms with Crippen molar-refractivity contribution in [3.8, 4) is 17.2 Å². The van der Waals surface area contributed by atoms with E-state index in [1.54, 1.807) is 43.4 Å². The van der Waals surface area contributed by atoms with Crippen LogP contribution in [-0.4, -0.2) is 56.7 Å². The zero-order valence-corrected chi connectivity index (χ0v) is 18.2. The number of amides is 4. The Morgan fingerprint density at radius 2 is 1.66 bits per heavy atom. The van der Waals surface area contributed by atoms with Crippen molar-refractivity contribution in [1.82, 2.24) is 10.2 Å². The Hall–Kier alpha value is -3.75. The van der Waals surface area contributed by atoms with Gasteiger partial charge in [-0.2, -0.15) is 0 Å². The Bertz CT molecular complexity index is 1050. The zero-order valence-electron chi connectivity index (χ0n) is 18.2. The van der Waals surface area contributed by atoms with E-state index >= 15 is 0 Å². The molecule has 1 unspecified atom stereocenters. The first-order chi connectivity index (χ1) is 15.4. The van der Waals surface area contributed by atoms with E-state index in [9.17, 15) is 14.4 Å². The minimum atomic E-state index is -0.899. The van der Waals surface area contributed by atoms with Crippen LogP contribution in [0.2, 0.25) is 0 Å². The number of hydrogen-bond donors (Lipinski definition) is 1. The van der Waals surface area contributed by atoms with Gasteiger partial charge in [0.1, 0.15) is 11.8 Å². The largest absolute Gasteiger partial charge is 0.497 e.